The van der Waals surface area contributed by atoms with Crippen LogP contribution in [0.1, 0.15) is 13.3 Å². The summed E-state index contributed by atoms with van der Waals surface area (Å²) in [5.41, 5.74) is 0. The Bertz CT molecular complexity index is 274. The average Bonchev–Trinajstić information content (AvgIpc) is 2.16. The van der Waals surface area contributed by atoms with Crippen LogP contribution < -0.4 is 0 Å². The number of hydrogen-bond donors (Lipinski definition) is 0. The standard InChI is InChI=1S/C9H11F3O3Te/c1-2-15-8(14)4-6-16-5-3-7(13)9(10,11)12/h3,5H,2,4,6H2,1H3/b5-3-. The first-order chi connectivity index (χ1) is 7.38. The van der Waals surface area contributed by atoms with Crippen molar-refractivity contribution in [3.05, 3.63) is 10.2 Å². The van der Waals surface area contributed by atoms with Crippen LogP contribution in [0.5, 0.6) is 0 Å². The molecule has 0 aromatic rings. The van der Waals surface area contributed by atoms with E-state index < -0.39 is 32.9 Å². The van der Waals surface area contributed by atoms with Crippen LogP contribution >= 0.6 is 0 Å². The van der Waals surface area contributed by atoms with Gasteiger partial charge in [0, 0.05) is 0 Å². The summed E-state index contributed by atoms with van der Waals surface area (Å²) in [6.07, 6.45) is -4.07. The minimum atomic E-state index is -4.80. The molecule has 0 saturated heterocycles. The van der Waals surface area contributed by atoms with Crippen molar-refractivity contribution in [1.29, 1.82) is 0 Å². The zero-order valence-corrected chi connectivity index (χ0v) is 10.9. The number of esters is 1. The quantitative estimate of drug-likeness (QED) is 0.317. The Kier molecular flexibility index (Phi) is 7.43. The van der Waals surface area contributed by atoms with Gasteiger partial charge in [0.1, 0.15) is 0 Å². The van der Waals surface area contributed by atoms with E-state index in [4.69, 9.17) is 0 Å². The summed E-state index contributed by atoms with van der Waals surface area (Å²) in [6.45, 7) is 1.97. The zero-order valence-electron chi connectivity index (χ0n) is 8.54. The second-order valence-electron chi connectivity index (χ2n) is 2.59. The molecule has 0 aromatic carbocycles. The number of hydrogen-bond acceptors (Lipinski definition) is 3. The first kappa shape index (κ1) is 15.5. The van der Waals surface area contributed by atoms with Gasteiger partial charge in [-0.3, -0.25) is 0 Å². The van der Waals surface area contributed by atoms with Crippen LogP contribution in [0.3, 0.4) is 0 Å². The van der Waals surface area contributed by atoms with E-state index in [2.05, 4.69) is 4.74 Å². The molecule has 0 aliphatic carbocycles. The molecule has 0 unspecified atom stereocenters. The van der Waals surface area contributed by atoms with Crippen molar-refractivity contribution in [2.75, 3.05) is 6.61 Å². The first-order valence-corrected chi connectivity index (χ1v) is 7.42. The number of ketones is 1. The van der Waals surface area contributed by atoms with Gasteiger partial charge in [-0.15, -0.1) is 0 Å². The molecule has 16 heavy (non-hydrogen) atoms. The molecule has 0 N–H and O–H groups in total. The van der Waals surface area contributed by atoms with Gasteiger partial charge in [-0.2, -0.15) is 0 Å². The molecule has 0 aliphatic heterocycles. The molecular weight excluding hydrogens is 341 g/mol. The molecular formula is C9H11F3O3Te. The third kappa shape index (κ3) is 7.71. The van der Waals surface area contributed by atoms with Crippen LogP contribution in [-0.4, -0.2) is 45.5 Å². The summed E-state index contributed by atoms with van der Waals surface area (Å²) in [6, 6.07) is 0. The van der Waals surface area contributed by atoms with Crippen LogP contribution in [0.25, 0.3) is 0 Å². The van der Waals surface area contributed by atoms with E-state index in [0.29, 0.717) is 17.2 Å². The second-order valence-corrected chi connectivity index (χ2v) is 5.48. The number of carbonyl (C=O) groups excluding carboxylic acids is 2. The monoisotopic (exact) mass is 354 g/mol. The van der Waals surface area contributed by atoms with E-state index in [9.17, 15) is 22.8 Å². The second kappa shape index (κ2) is 7.69. The van der Waals surface area contributed by atoms with Gasteiger partial charge < -0.3 is 0 Å². The summed E-state index contributed by atoms with van der Waals surface area (Å²) in [5.74, 6) is -2.21. The topological polar surface area (TPSA) is 43.4 Å². The minimum absolute atomic E-state index is 0.195. The SMILES string of the molecule is CCOC(=O)CC[Te]/C=C\C(=O)C(F)(F)F. The fraction of sp³-hybridized carbons (Fsp3) is 0.556. The van der Waals surface area contributed by atoms with E-state index in [-0.39, 0.29) is 12.4 Å². The summed E-state index contributed by atoms with van der Waals surface area (Å²) < 4.78 is 41.5. The predicted octanol–water partition coefficient (Wildman–Crippen LogP) is 1.71. The number of halogens is 3. The van der Waals surface area contributed by atoms with Crippen molar-refractivity contribution < 1.29 is 27.5 Å². The van der Waals surface area contributed by atoms with Crippen LogP contribution in [0, 0.1) is 0 Å². The maximum absolute atomic E-state index is 11.7. The third-order valence-electron chi connectivity index (χ3n) is 1.32. The zero-order chi connectivity index (χ0) is 12.6. The fourth-order valence-corrected chi connectivity index (χ4v) is 2.48. The first-order valence-electron chi connectivity index (χ1n) is 4.43. The molecule has 0 fully saturated rings. The molecule has 3 nitrogen and oxygen atoms in total. The summed E-state index contributed by atoms with van der Waals surface area (Å²) in [4.78, 5) is 21.2. The van der Waals surface area contributed by atoms with Crippen molar-refractivity contribution in [1.82, 2.24) is 0 Å². The molecule has 0 aliphatic rings. The van der Waals surface area contributed by atoms with Crippen molar-refractivity contribution in [3.8, 4) is 0 Å². The Morgan fingerprint density at radius 1 is 1.38 bits per heavy atom. The molecule has 92 valence electrons. The van der Waals surface area contributed by atoms with Crippen LogP contribution in [-0.2, 0) is 14.3 Å². The molecule has 0 amide bonds. The van der Waals surface area contributed by atoms with Crippen molar-refractivity contribution in [2.45, 2.75) is 24.0 Å². The number of ether oxygens (including phenoxy) is 1. The summed E-state index contributed by atoms with van der Waals surface area (Å²) >= 11 is -0.875. The van der Waals surface area contributed by atoms with Crippen molar-refractivity contribution >= 4 is 32.7 Å². The van der Waals surface area contributed by atoms with E-state index in [0.717, 1.165) is 0 Å². The Morgan fingerprint density at radius 3 is 2.50 bits per heavy atom. The van der Waals surface area contributed by atoms with Gasteiger partial charge in [0.15, 0.2) is 0 Å². The van der Waals surface area contributed by atoms with E-state index in [1.807, 2.05) is 0 Å². The van der Waals surface area contributed by atoms with Gasteiger partial charge in [0.25, 0.3) is 0 Å². The van der Waals surface area contributed by atoms with Crippen molar-refractivity contribution in [2.24, 2.45) is 0 Å². The van der Waals surface area contributed by atoms with Crippen LogP contribution in [0.15, 0.2) is 10.2 Å². The Labute approximate surface area is 101 Å². The fourth-order valence-electron chi connectivity index (χ4n) is 0.648. The number of carbonyl (C=O) groups is 2. The van der Waals surface area contributed by atoms with Crippen LogP contribution in [0.4, 0.5) is 13.2 Å². The Morgan fingerprint density at radius 2 is 2.00 bits per heavy atom. The molecule has 0 rings (SSSR count). The van der Waals surface area contributed by atoms with E-state index in [1.165, 1.54) is 4.12 Å². The number of allylic oxidation sites excluding steroid dienone is 1. The molecule has 0 aromatic heterocycles. The predicted molar refractivity (Wildman–Crippen MR) is 52.0 cm³/mol. The molecule has 0 bridgehead atoms. The van der Waals surface area contributed by atoms with Gasteiger partial charge >= 0.3 is 101 Å². The van der Waals surface area contributed by atoms with Gasteiger partial charge in [-0.1, -0.05) is 0 Å². The molecule has 7 heteroatoms. The van der Waals surface area contributed by atoms with Gasteiger partial charge in [-0.05, 0) is 0 Å². The number of alkyl halides is 3. The normalized spacial score (nSPS) is 11.8. The molecule has 0 atom stereocenters. The van der Waals surface area contributed by atoms with Crippen molar-refractivity contribution in [3.63, 3.8) is 0 Å². The third-order valence-corrected chi connectivity index (χ3v) is 3.52. The van der Waals surface area contributed by atoms with E-state index >= 15 is 0 Å². The van der Waals surface area contributed by atoms with Crippen LogP contribution in [0.2, 0.25) is 4.47 Å². The maximum atomic E-state index is 11.7. The van der Waals surface area contributed by atoms with Gasteiger partial charge in [0.2, 0.25) is 0 Å². The molecule has 0 spiro atoms. The van der Waals surface area contributed by atoms with E-state index in [1.54, 1.807) is 6.92 Å². The van der Waals surface area contributed by atoms with Gasteiger partial charge in [-0.25, -0.2) is 0 Å². The Hall–Kier alpha value is -0.540. The van der Waals surface area contributed by atoms with Gasteiger partial charge in [0.05, 0.1) is 0 Å². The summed E-state index contributed by atoms with van der Waals surface area (Å²) in [7, 11) is 0. The molecule has 0 saturated carbocycles. The molecule has 0 radical (unpaired) electrons. The molecule has 0 heterocycles. The Balaban J connectivity index is 3.71. The average molecular weight is 352 g/mol. The number of rotatable bonds is 6. The summed E-state index contributed by atoms with van der Waals surface area (Å²) in [5, 5.41) is 0.